The number of aromatic nitrogens is 4. The lowest BCUT2D eigenvalue weighted by Crippen LogP contribution is -2.51. The summed E-state index contributed by atoms with van der Waals surface area (Å²) in [6, 6.07) is 3.14. The SMILES string of the molecule is CN1C(=O)CC[C@@H](NC(=O)c2ccc3nccn3c2)[C@@H]1c1cncn1C. The Morgan fingerprint density at radius 3 is 2.92 bits per heavy atom. The molecule has 1 aliphatic rings. The third-order valence-corrected chi connectivity index (χ3v) is 4.99. The van der Waals surface area contributed by atoms with E-state index in [2.05, 4.69) is 15.3 Å². The van der Waals surface area contributed by atoms with E-state index in [1.807, 2.05) is 22.1 Å². The first-order valence-corrected chi connectivity index (χ1v) is 8.50. The molecule has 1 aliphatic heterocycles. The Hall–Kier alpha value is -3.16. The Bertz CT molecular complexity index is 975. The van der Waals surface area contributed by atoms with Crippen LogP contribution in [0.15, 0.2) is 43.2 Å². The second-order valence-electron chi connectivity index (χ2n) is 6.61. The Labute approximate surface area is 150 Å². The number of imidazole rings is 2. The topological polar surface area (TPSA) is 84.5 Å². The van der Waals surface area contributed by atoms with Crippen molar-refractivity contribution in [2.24, 2.45) is 7.05 Å². The highest BCUT2D eigenvalue weighted by atomic mass is 16.2. The number of carbonyl (C=O) groups excluding carboxylic acids is 2. The summed E-state index contributed by atoms with van der Waals surface area (Å²) in [6.45, 7) is 0. The number of hydrogen-bond acceptors (Lipinski definition) is 4. The van der Waals surface area contributed by atoms with Gasteiger partial charge in [0.2, 0.25) is 5.91 Å². The fourth-order valence-corrected chi connectivity index (χ4v) is 3.55. The number of piperidine rings is 1. The third kappa shape index (κ3) is 2.73. The minimum atomic E-state index is -0.246. The zero-order chi connectivity index (χ0) is 18.3. The van der Waals surface area contributed by atoms with Crippen molar-refractivity contribution in [3.63, 3.8) is 0 Å². The van der Waals surface area contributed by atoms with Crippen LogP contribution in [0.4, 0.5) is 0 Å². The molecular weight excluding hydrogens is 332 g/mol. The number of rotatable bonds is 3. The van der Waals surface area contributed by atoms with Crippen molar-refractivity contribution in [3.8, 4) is 0 Å². The van der Waals surface area contributed by atoms with Gasteiger partial charge in [0.25, 0.3) is 5.91 Å². The smallest absolute Gasteiger partial charge is 0.253 e. The average Bonchev–Trinajstić information content (AvgIpc) is 3.26. The number of nitrogens with zero attached hydrogens (tertiary/aromatic N) is 5. The van der Waals surface area contributed by atoms with E-state index in [1.54, 1.807) is 49.1 Å². The molecule has 8 heteroatoms. The maximum atomic E-state index is 12.8. The molecule has 2 atom stereocenters. The average molecular weight is 352 g/mol. The van der Waals surface area contributed by atoms with Crippen molar-refractivity contribution in [1.29, 1.82) is 0 Å². The minimum absolute atomic E-state index is 0.0709. The van der Waals surface area contributed by atoms with Crippen LogP contribution < -0.4 is 5.32 Å². The summed E-state index contributed by atoms with van der Waals surface area (Å²) < 4.78 is 3.69. The summed E-state index contributed by atoms with van der Waals surface area (Å²) in [5.41, 5.74) is 2.24. The van der Waals surface area contributed by atoms with E-state index in [0.717, 1.165) is 11.3 Å². The minimum Gasteiger partial charge on any atom is -0.347 e. The molecular formula is C18H20N6O2. The molecule has 2 amide bonds. The van der Waals surface area contributed by atoms with Crippen LogP contribution in [0.25, 0.3) is 5.65 Å². The largest absolute Gasteiger partial charge is 0.347 e. The molecule has 0 spiro atoms. The number of amides is 2. The van der Waals surface area contributed by atoms with Gasteiger partial charge in [-0.1, -0.05) is 0 Å². The molecule has 8 nitrogen and oxygen atoms in total. The van der Waals surface area contributed by atoms with Crippen molar-refractivity contribution in [3.05, 3.63) is 54.5 Å². The second kappa shape index (κ2) is 6.29. The van der Waals surface area contributed by atoms with E-state index in [9.17, 15) is 9.59 Å². The summed E-state index contributed by atoms with van der Waals surface area (Å²) in [5.74, 6) is -0.0953. The number of likely N-dealkylation sites (N-methyl/N-ethyl adjacent to an activating group) is 1. The monoisotopic (exact) mass is 352 g/mol. The quantitative estimate of drug-likeness (QED) is 0.767. The van der Waals surface area contributed by atoms with Crippen LogP contribution in [0.2, 0.25) is 0 Å². The van der Waals surface area contributed by atoms with Gasteiger partial charge in [0, 0.05) is 39.1 Å². The fourth-order valence-electron chi connectivity index (χ4n) is 3.55. The first-order chi connectivity index (χ1) is 12.5. The molecule has 0 aliphatic carbocycles. The summed E-state index contributed by atoms with van der Waals surface area (Å²) in [6.07, 6.45) is 9.71. The van der Waals surface area contributed by atoms with Crippen LogP contribution in [0.5, 0.6) is 0 Å². The van der Waals surface area contributed by atoms with Crippen LogP contribution in [0.1, 0.15) is 34.9 Å². The molecule has 1 N–H and O–H groups in total. The highest BCUT2D eigenvalue weighted by Crippen LogP contribution is 2.30. The predicted octanol–water partition coefficient (Wildman–Crippen LogP) is 1.16. The molecule has 0 saturated carbocycles. The van der Waals surface area contributed by atoms with E-state index in [1.165, 1.54) is 0 Å². The second-order valence-corrected chi connectivity index (χ2v) is 6.61. The normalized spacial score (nSPS) is 20.5. The molecule has 1 fully saturated rings. The number of aryl methyl sites for hydroxylation is 1. The molecule has 134 valence electrons. The molecule has 4 rings (SSSR count). The summed E-state index contributed by atoms with van der Waals surface area (Å²) in [4.78, 5) is 35.0. The van der Waals surface area contributed by atoms with Crippen molar-refractivity contribution in [2.75, 3.05) is 7.05 Å². The number of fused-ring (bicyclic) bond motifs is 1. The number of nitrogens with one attached hydrogen (secondary N) is 1. The summed E-state index contributed by atoms with van der Waals surface area (Å²) in [7, 11) is 3.66. The number of carbonyl (C=O) groups is 2. The number of pyridine rings is 1. The van der Waals surface area contributed by atoms with Gasteiger partial charge in [0.05, 0.1) is 35.9 Å². The third-order valence-electron chi connectivity index (χ3n) is 4.99. The van der Waals surface area contributed by atoms with Gasteiger partial charge in [-0.25, -0.2) is 9.97 Å². The van der Waals surface area contributed by atoms with E-state index in [0.29, 0.717) is 18.4 Å². The van der Waals surface area contributed by atoms with Crippen molar-refractivity contribution in [2.45, 2.75) is 24.9 Å². The van der Waals surface area contributed by atoms with Gasteiger partial charge in [-0.15, -0.1) is 0 Å². The Kier molecular flexibility index (Phi) is 3.95. The predicted molar refractivity (Wildman–Crippen MR) is 94.4 cm³/mol. The fraction of sp³-hybridized carbons (Fsp3) is 0.333. The van der Waals surface area contributed by atoms with Gasteiger partial charge in [0.1, 0.15) is 5.65 Å². The molecule has 1 saturated heterocycles. The maximum Gasteiger partial charge on any atom is 0.253 e. The Morgan fingerprint density at radius 1 is 1.31 bits per heavy atom. The van der Waals surface area contributed by atoms with Gasteiger partial charge < -0.3 is 19.2 Å². The Balaban J connectivity index is 1.61. The van der Waals surface area contributed by atoms with E-state index in [-0.39, 0.29) is 23.9 Å². The lowest BCUT2D eigenvalue weighted by molar-refractivity contribution is -0.136. The molecule has 0 bridgehead atoms. The number of likely N-dealkylation sites (tertiary alicyclic amines) is 1. The van der Waals surface area contributed by atoms with E-state index in [4.69, 9.17) is 0 Å². The first-order valence-electron chi connectivity index (χ1n) is 8.50. The molecule has 0 radical (unpaired) electrons. The lowest BCUT2D eigenvalue weighted by atomic mass is 9.93. The zero-order valence-electron chi connectivity index (χ0n) is 14.7. The lowest BCUT2D eigenvalue weighted by Gasteiger charge is -2.39. The van der Waals surface area contributed by atoms with Gasteiger partial charge in [0.15, 0.2) is 0 Å². The van der Waals surface area contributed by atoms with Crippen LogP contribution in [-0.2, 0) is 11.8 Å². The standard InChI is InChI=1S/C18H20N6O2/c1-22-11-19-9-14(22)17-13(4-6-16(25)23(17)2)21-18(26)12-3-5-15-20-7-8-24(15)10-12/h3,5,7-11,13,17H,4,6H2,1-2H3,(H,21,26)/t13-,17-/m1/s1. The highest BCUT2D eigenvalue weighted by molar-refractivity contribution is 5.94. The van der Waals surface area contributed by atoms with E-state index >= 15 is 0 Å². The van der Waals surface area contributed by atoms with Crippen LogP contribution in [0.3, 0.4) is 0 Å². The zero-order valence-corrected chi connectivity index (χ0v) is 14.7. The molecule has 26 heavy (non-hydrogen) atoms. The summed E-state index contributed by atoms with van der Waals surface area (Å²) >= 11 is 0. The van der Waals surface area contributed by atoms with Gasteiger partial charge in [-0.05, 0) is 18.6 Å². The van der Waals surface area contributed by atoms with E-state index < -0.39 is 0 Å². The van der Waals surface area contributed by atoms with Crippen LogP contribution in [-0.4, -0.2) is 48.7 Å². The molecule has 0 aromatic carbocycles. The molecule has 0 unspecified atom stereocenters. The first kappa shape index (κ1) is 16.3. The summed E-state index contributed by atoms with van der Waals surface area (Å²) in [5, 5.41) is 3.10. The van der Waals surface area contributed by atoms with Crippen molar-refractivity contribution in [1.82, 2.24) is 29.2 Å². The molecule has 4 heterocycles. The van der Waals surface area contributed by atoms with Crippen LogP contribution in [0, 0.1) is 0 Å². The van der Waals surface area contributed by atoms with Gasteiger partial charge >= 0.3 is 0 Å². The van der Waals surface area contributed by atoms with Crippen molar-refractivity contribution >= 4 is 17.5 Å². The van der Waals surface area contributed by atoms with Crippen LogP contribution >= 0.6 is 0 Å². The van der Waals surface area contributed by atoms with Gasteiger partial charge in [-0.3, -0.25) is 9.59 Å². The molecule has 3 aromatic heterocycles. The highest BCUT2D eigenvalue weighted by Gasteiger charge is 2.37. The number of hydrogen-bond donors (Lipinski definition) is 1. The Morgan fingerprint density at radius 2 is 2.15 bits per heavy atom. The maximum absolute atomic E-state index is 12.8. The van der Waals surface area contributed by atoms with Gasteiger partial charge in [-0.2, -0.15) is 0 Å². The molecule has 3 aromatic rings. The van der Waals surface area contributed by atoms with Crippen molar-refractivity contribution < 1.29 is 9.59 Å².